The van der Waals surface area contributed by atoms with E-state index in [9.17, 15) is 4.79 Å². The van der Waals surface area contributed by atoms with E-state index in [-0.39, 0.29) is 5.91 Å². The number of carbonyl (C=O) groups is 1. The van der Waals surface area contributed by atoms with E-state index in [1.54, 1.807) is 36.5 Å². The molecule has 1 aromatic carbocycles. The van der Waals surface area contributed by atoms with Crippen LogP contribution in [-0.2, 0) is 11.2 Å². The van der Waals surface area contributed by atoms with Crippen molar-refractivity contribution in [3.05, 3.63) is 40.6 Å². The van der Waals surface area contributed by atoms with Crippen LogP contribution in [0.3, 0.4) is 0 Å². The second-order valence-corrected chi connectivity index (χ2v) is 8.63. The van der Waals surface area contributed by atoms with Crippen molar-refractivity contribution in [3.8, 4) is 22.1 Å². The minimum atomic E-state index is 0.0297. The monoisotopic (exact) mass is 417 g/mol. The fraction of sp³-hybridized carbons (Fsp3) is 0.350. The van der Waals surface area contributed by atoms with Crippen molar-refractivity contribution in [2.45, 2.75) is 20.3 Å². The van der Waals surface area contributed by atoms with Crippen LogP contribution in [0.15, 0.2) is 35.7 Å². The normalized spacial score (nSPS) is 10.9. The van der Waals surface area contributed by atoms with Gasteiger partial charge >= 0.3 is 0 Å². The SMILES string of the molecule is COc1cc(OC)cc(-c2nnc(N(CC(C)C)C(=O)Cc3cccs3)s2)c1. The molecule has 3 rings (SSSR count). The molecule has 0 spiro atoms. The number of hydrogen-bond acceptors (Lipinski definition) is 7. The highest BCUT2D eigenvalue weighted by Crippen LogP contribution is 2.34. The summed E-state index contributed by atoms with van der Waals surface area (Å²) in [6, 6.07) is 9.50. The molecule has 0 saturated carbocycles. The molecule has 0 aliphatic carbocycles. The molecule has 8 heteroatoms. The molecule has 148 valence electrons. The second-order valence-electron chi connectivity index (χ2n) is 6.65. The van der Waals surface area contributed by atoms with Gasteiger partial charge in [-0.15, -0.1) is 21.5 Å². The summed E-state index contributed by atoms with van der Waals surface area (Å²) < 4.78 is 10.7. The number of hydrogen-bond donors (Lipinski definition) is 0. The summed E-state index contributed by atoms with van der Waals surface area (Å²) >= 11 is 2.98. The molecule has 0 radical (unpaired) electrons. The number of carbonyl (C=O) groups excluding carboxylic acids is 1. The van der Waals surface area contributed by atoms with Gasteiger partial charge < -0.3 is 9.47 Å². The first-order chi connectivity index (χ1) is 13.5. The molecule has 28 heavy (non-hydrogen) atoms. The van der Waals surface area contributed by atoms with Crippen LogP contribution < -0.4 is 14.4 Å². The quantitative estimate of drug-likeness (QED) is 0.539. The highest BCUT2D eigenvalue weighted by Gasteiger charge is 2.22. The van der Waals surface area contributed by atoms with Crippen molar-refractivity contribution >= 4 is 33.7 Å². The Kier molecular flexibility index (Phi) is 6.64. The van der Waals surface area contributed by atoms with Gasteiger partial charge in [0.05, 0.1) is 20.6 Å². The summed E-state index contributed by atoms with van der Waals surface area (Å²) in [6.45, 7) is 4.76. The van der Waals surface area contributed by atoms with Crippen molar-refractivity contribution in [2.24, 2.45) is 5.92 Å². The number of anilines is 1. The largest absolute Gasteiger partial charge is 0.497 e. The summed E-state index contributed by atoms with van der Waals surface area (Å²) in [5.74, 6) is 1.71. The molecule has 0 unspecified atom stereocenters. The Morgan fingerprint density at radius 2 is 1.86 bits per heavy atom. The van der Waals surface area contributed by atoms with E-state index in [0.717, 1.165) is 10.4 Å². The first-order valence-corrected chi connectivity index (χ1v) is 10.6. The predicted octanol–water partition coefficient (Wildman–Crippen LogP) is 4.52. The number of nitrogens with zero attached hydrogens (tertiary/aromatic N) is 3. The number of aromatic nitrogens is 2. The van der Waals surface area contributed by atoms with E-state index in [1.165, 1.54) is 11.3 Å². The Morgan fingerprint density at radius 1 is 1.14 bits per heavy atom. The molecule has 6 nitrogen and oxygen atoms in total. The lowest BCUT2D eigenvalue weighted by molar-refractivity contribution is -0.118. The summed E-state index contributed by atoms with van der Waals surface area (Å²) in [6.07, 6.45) is 0.367. The third kappa shape index (κ3) is 4.88. The maximum Gasteiger partial charge on any atom is 0.234 e. The van der Waals surface area contributed by atoms with Gasteiger partial charge in [0.15, 0.2) is 0 Å². The average Bonchev–Trinajstić information content (AvgIpc) is 3.37. The van der Waals surface area contributed by atoms with Gasteiger partial charge in [0.1, 0.15) is 16.5 Å². The Hall–Kier alpha value is -2.45. The predicted molar refractivity (Wildman–Crippen MR) is 114 cm³/mol. The average molecular weight is 418 g/mol. The van der Waals surface area contributed by atoms with Gasteiger partial charge in [-0.1, -0.05) is 31.3 Å². The molecule has 0 N–H and O–H groups in total. The van der Waals surface area contributed by atoms with E-state index in [2.05, 4.69) is 24.0 Å². The Morgan fingerprint density at radius 3 is 2.43 bits per heavy atom. The summed E-state index contributed by atoms with van der Waals surface area (Å²) in [7, 11) is 3.22. The molecule has 2 heterocycles. The minimum Gasteiger partial charge on any atom is -0.497 e. The van der Waals surface area contributed by atoms with Gasteiger partial charge in [-0.25, -0.2) is 0 Å². The van der Waals surface area contributed by atoms with E-state index in [4.69, 9.17) is 9.47 Å². The van der Waals surface area contributed by atoms with Crippen LogP contribution in [-0.4, -0.2) is 36.9 Å². The van der Waals surface area contributed by atoms with Crippen LogP contribution in [0.1, 0.15) is 18.7 Å². The number of thiophene rings is 1. The van der Waals surface area contributed by atoms with E-state index < -0.39 is 0 Å². The van der Waals surface area contributed by atoms with Crippen molar-refractivity contribution in [3.63, 3.8) is 0 Å². The van der Waals surface area contributed by atoms with Crippen LogP contribution in [0.25, 0.3) is 10.6 Å². The molecule has 0 aliphatic rings. The van der Waals surface area contributed by atoms with Crippen molar-refractivity contribution < 1.29 is 14.3 Å². The third-order valence-electron chi connectivity index (χ3n) is 4.00. The van der Waals surface area contributed by atoms with Crippen LogP contribution in [0, 0.1) is 5.92 Å². The number of rotatable bonds is 8. The molecular formula is C20H23N3O3S2. The van der Waals surface area contributed by atoms with Gasteiger partial charge in [0, 0.05) is 23.1 Å². The highest BCUT2D eigenvalue weighted by molar-refractivity contribution is 7.18. The van der Waals surface area contributed by atoms with Crippen LogP contribution >= 0.6 is 22.7 Å². The lowest BCUT2D eigenvalue weighted by Gasteiger charge is -2.21. The maximum absolute atomic E-state index is 12.9. The fourth-order valence-corrected chi connectivity index (χ4v) is 4.24. The third-order valence-corrected chi connectivity index (χ3v) is 5.87. The Labute approximate surface area is 172 Å². The number of amides is 1. The van der Waals surface area contributed by atoms with E-state index in [1.807, 2.05) is 29.6 Å². The van der Waals surface area contributed by atoms with Gasteiger partial charge in [-0.2, -0.15) is 0 Å². The summed E-state index contributed by atoms with van der Waals surface area (Å²) in [5, 5.41) is 11.9. The van der Waals surface area contributed by atoms with E-state index >= 15 is 0 Å². The number of benzene rings is 1. The molecule has 1 amide bonds. The van der Waals surface area contributed by atoms with Crippen molar-refractivity contribution in [2.75, 3.05) is 25.7 Å². The zero-order valence-electron chi connectivity index (χ0n) is 16.3. The number of ether oxygens (including phenoxy) is 2. The van der Waals surface area contributed by atoms with Crippen LogP contribution in [0.4, 0.5) is 5.13 Å². The summed E-state index contributed by atoms with van der Waals surface area (Å²) in [5.41, 5.74) is 0.843. The molecular weight excluding hydrogens is 394 g/mol. The molecule has 0 atom stereocenters. The molecule has 0 aliphatic heterocycles. The molecule has 2 aromatic heterocycles. The maximum atomic E-state index is 12.9. The first-order valence-electron chi connectivity index (χ1n) is 8.90. The zero-order valence-corrected chi connectivity index (χ0v) is 18.0. The van der Waals surface area contributed by atoms with Crippen molar-refractivity contribution in [1.82, 2.24) is 10.2 Å². The Balaban J connectivity index is 1.89. The van der Waals surface area contributed by atoms with Crippen molar-refractivity contribution in [1.29, 1.82) is 0 Å². The van der Waals surface area contributed by atoms with Gasteiger partial charge in [0.2, 0.25) is 11.0 Å². The number of methoxy groups -OCH3 is 2. The lowest BCUT2D eigenvalue weighted by Crippen LogP contribution is -2.35. The van der Waals surface area contributed by atoms with Gasteiger partial charge in [-0.3, -0.25) is 9.69 Å². The molecule has 0 fully saturated rings. The zero-order chi connectivity index (χ0) is 20.1. The molecule has 0 saturated heterocycles. The van der Waals surface area contributed by atoms with Gasteiger partial charge in [0.25, 0.3) is 0 Å². The Bertz CT molecular complexity index is 900. The topological polar surface area (TPSA) is 64.6 Å². The molecule has 3 aromatic rings. The standard InChI is InChI=1S/C20H23N3O3S2/c1-13(2)12-23(18(24)11-17-6-5-7-27-17)20-22-21-19(28-20)14-8-15(25-3)10-16(9-14)26-4/h5-10,13H,11-12H2,1-4H3. The second kappa shape index (κ2) is 9.16. The minimum absolute atomic E-state index is 0.0297. The summed E-state index contributed by atoms with van der Waals surface area (Å²) in [4.78, 5) is 15.7. The first kappa shape index (κ1) is 20.3. The van der Waals surface area contributed by atoms with Crippen LogP contribution in [0.2, 0.25) is 0 Å². The van der Waals surface area contributed by atoms with Crippen LogP contribution in [0.5, 0.6) is 11.5 Å². The van der Waals surface area contributed by atoms with E-state index in [0.29, 0.717) is 40.5 Å². The molecule has 0 bridgehead atoms. The highest BCUT2D eigenvalue weighted by atomic mass is 32.1. The fourth-order valence-electron chi connectivity index (χ4n) is 2.68. The van der Waals surface area contributed by atoms with Gasteiger partial charge in [-0.05, 0) is 29.5 Å². The lowest BCUT2D eigenvalue weighted by atomic mass is 10.2. The smallest absolute Gasteiger partial charge is 0.234 e.